The van der Waals surface area contributed by atoms with Crippen LogP contribution in [0.4, 0.5) is 0 Å². The van der Waals surface area contributed by atoms with Crippen molar-refractivity contribution in [3.05, 3.63) is 39.0 Å². The number of nitrogens with one attached hydrogen (secondary N) is 1. The lowest BCUT2D eigenvalue weighted by Gasteiger charge is -2.20. The van der Waals surface area contributed by atoms with E-state index in [2.05, 4.69) is 18.8 Å². The monoisotopic (exact) mass is 296 g/mol. The van der Waals surface area contributed by atoms with Crippen molar-refractivity contribution >= 4 is 12.2 Å². The maximum absolute atomic E-state index is 11.2. The van der Waals surface area contributed by atoms with Gasteiger partial charge in [0.05, 0.1) is 6.61 Å². The molecule has 0 fully saturated rings. The van der Waals surface area contributed by atoms with E-state index >= 15 is 0 Å². The first kappa shape index (κ1) is 15.2. The van der Waals surface area contributed by atoms with Gasteiger partial charge in [0.2, 0.25) is 0 Å². The quantitative estimate of drug-likeness (QED) is 0.645. The Morgan fingerprint density at radius 3 is 2.90 bits per heavy atom. The number of aromatic amines is 1. The van der Waals surface area contributed by atoms with Gasteiger partial charge in [-0.05, 0) is 42.6 Å². The van der Waals surface area contributed by atoms with Crippen molar-refractivity contribution in [2.75, 3.05) is 6.61 Å². The largest absolute Gasteiger partial charge is 0.393 e. The van der Waals surface area contributed by atoms with Crippen LogP contribution in [0.15, 0.2) is 28.7 Å². The van der Waals surface area contributed by atoms with Crippen molar-refractivity contribution in [2.45, 2.75) is 39.0 Å². The third kappa shape index (κ3) is 3.45. The van der Waals surface area contributed by atoms with Crippen molar-refractivity contribution in [2.24, 2.45) is 5.92 Å². The average Bonchev–Trinajstić information content (AvgIpc) is 2.79. The summed E-state index contributed by atoms with van der Waals surface area (Å²) in [5, 5.41) is 9.28. The molecular weight excluding hydrogens is 276 g/mol. The topological polar surface area (TPSA) is 67.2 Å². The molecule has 0 unspecified atom stereocenters. The van der Waals surface area contributed by atoms with Crippen LogP contribution in [0, 0.1) is 10.7 Å². The Morgan fingerprint density at radius 2 is 2.30 bits per heavy atom. The van der Waals surface area contributed by atoms with E-state index in [1.54, 1.807) is 10.8 Å². The summed E-state index contributed by atoms with van der Waals surface area (Å²) in [4.78, 5) is 13.8. The first-order chi connectivity index (χ1) is 9.51. The minimum atomic E-state index is -0.338. The summed E-state index contributed by atoms with van der Waals surface area (Å²) in [6.07, 6.45) is 4.88. The Hall–Kier alpha value is -1.24. The number of hydrogen-bond acceptors (Lipinski definition) is 4. The van der Waals surface area contributed by atoms with Gasteiger partial charge in [0.15, 0.2) is 11.0 Å². The van der Waals surface area contributed by atoms with E-state index < -0.39 is 0 Å². The second-order valence-corrected chi connectivity index (χ2v) is 5.79. The second kappa shape index (κ2) is 6.47. The zero-order chi connectivity index (χ0) is 14.7. The average molecular weight is 296 g/mol. The highest BCUT2D eigenvalue weighted by atomic mass is 32.1. The maximum atomic E-state index is 11.2. The molecule has 1 aromatic rings. The number of hydrogen-bond donors (Lipinski definition) is 2. The molecule has 0 spiro atoms. The Morgan fingerprint density at radius 1 is 1.55 bits per heavy atom. The van der Waals surface area contributed by atoms with E-state index in [0.717, 1.165) is 18.4 Å². The number of nitrogens with zero attached hydrogens (tertiary/aromatic N) is 1. The van der Waals surface area contributed by atoms with Crippen LogP contribution in [0.5, 0.6) is 0 Å². The molecule has 1 aliphatic rings. The summed E-state index contributed by atoms with van der Waals surface area (Å²) in [5.41, 5.74) is 0.872. The van der Waals surface area contributed by atoms with Crippen LogP contribution in [0.3, 0.4) is 0 Å². The van der Waals surface area contributed by atoms with E-state index in [4.69, 9.17) is 17.0 Å². The highest BCUT2D eigenvalue weighted by Crippen LogP contribution is 2.32. The number of aliphatic hydroxyl groups is 1. The summed E-state index contributed by atoms with van der Waals surface area (Å²) >= 11 is 5.18. The van der Waals surface area contributed by atoms with Gasteiger partial charge in [-0.15, -0.1) is 0 Å². The predicted octanol–water partition coefficient (Wildman–Crippen LogP) is 2.16. The molecule has 0 aliphatic carbocycles. The van der Waals surface area contributed by atoms with Crippen molar-refractivity contribution in [1.82, 2.24) is 9.55 Å². The van der Waals surface area contributed by atoms with E-state index in [-0.39, 0.29) is 24.5 Å². The van der Waals surface area contributed by atoms with Gasteiger partial charge in [0, 0.05) is 12.3 Å². The minimum absolute atomic E-state index is 0.0572. The zero-order valence-corrected chi connectivity index (χ0v) is 12.5. The molecular formula is C14H20N2O3S. The Kier molecular flexibility index (Phi) is 4.91. The second-order valence-electron chi connectivity index (χ2n) is 5.40. The Balaban J connectivity index is 2.27. The molecule has 110 valence electrons. The van der Waals surface area contributed by atoms with Crippen LogP contribution >= 0.6 is 12.2 Å². The summed E-state index contributed by atoms with van der Waals surface area (Å²) in [5.74, 6) is 0.591. The summed E-state index contributed by atoms with van der Waals surface area (Å²) in [7, 11) is 0. The normalized spacial score (nSPS) is 22.3. The highest BCUT2D eigenvalue weighted by Gasteiger charge is 2.27. The molecule has 2 atom stereocenters. The first-order valence-electron chi connectivity index (χ1n) is 6.79. The molecule has 0 amide bonds. The minimum Gasteiger partial charge on any atom is -0.393 e. The van der Waals surface area contributed by atoms with Crippen LogP contribution in [0.1, 0.15) is 32.9 Å². The third-order valence-electron chi connectivity index (χ3n) is 3.31. The van der Waals surface area contributed by atoms with Crippen molar-refractivity contribution in [1.29, 1.82) is 0 Å². The summed E-state index contributed by atoms with van der Waals surface area (Å²) in [6, 6.07) is 1.42. The fourth-order valence-electron chi connectivity index (χ4n) is 2.23. The van der Waals surface area contributed by atoms with Gasteiger partial charge >= 0.3 is 0 Å². The Bertz CT molecular complexity index is 603. The van der Waals surface area contributed by atoms with Gasteiger partial charge < -0.3 is 9.84 Å². The Labute approximate surface area is 122 Å². The van der Waals surface area contributed by atoms with Gasteiger partial charge in [0.25, 0.3) is 5.56 Å². The number of rotatable bonds is 5. The lowest BCUT2D eigenvalue weighted by Crippen LogP contribution is -2.20. The van der Waals surface area contributed by atoms with Gasteiger partial charge in [-0.2, -0.15) is 0 Å². The number of aromatic nitrogens is 2. The van der Waals surface area contributed by atoms with E-state index in [1.807, 2.05) is 6.08 Å². The molecule has 0 saturated carbocycles. The molecule has 1 aromatic heterocycles. The van der Waals surface area contributed by atoms with Crippen LogP contribution in [-0.4, -0.2) is 27.4 Å². The first-order valence-corrected chi connectivity index (χ1v) is 7.20. The van der Waals surface area contributed by atoms with Crippen LogP contribution in [0.2, 0.25) is 0 Å². The van der Waals surface area contributed by atoms with Crippen molar-refractivity contribution in [3.63, 3.8) is 0 Å². The van der Waals surface area contributed by atoms with Gasteiger partial charge in [0.1, 0.15) is 6.10 Å². The van der Waals surface area contributed by atoms with E-state index in [9.17, 15) is 9.90 Å². The van der Waals surface area contributed by atoms with Crippen molar-refractivity contribution < 1.29 is 9.84 Å². The van der Waals surface area contributed by atoms with Gasteiger partial charge in [-0.25, -0.2) is 0 Å². The predicted molar refractivity (Wildman–Crippen MR) is 79.0 cm³/mol. The van der Waals surface area contributed by atoms with Crippen LogP contribution < -0.4 is 5.56 Å². The molecule has 0 bridgehead atoms. The molecule has 6 heteroatoms. The molecule has 0 aromatic carbocycles. The molecule has 20 heavy (non-hydrogen) atoms. The molecule has 2 N–H and O–H groups in total. The lowest BCUT2D eigenvalue weighted by atomic mass is 10.0. The van der Waals surface area contributed by atoms with Crippen LogP contribution in [-0.2, 0) is 4.74 Å². The van der Waals surface area contributed by atoms with Crippen molar-refractivity contribution in [3.8, 4) is 0 Å². The van der Waals surface area contributed by atoms with Gasteiger partial charge in [-0.1, -0.05) is 13.8 Å². The van der Waals surface area contributed by atoms with E-state index in [0.29, 0.717) is 10.7 Å². The molecule has 5 nitrogen and oxygen atoms in total. The molecule has 2 heterocycles. The smallest absolute Gasteiger partial charge is 0.251 e. The number of ether oxygens (including phenoxy) is 1. The van der Waals surface area contributed by atoms with Crippen LogP contribution in [0.25, 0.3) is 0 Å². The highest BCUT2D eigenvalue weighted by molar-refractivity contribution is 7.71. The summed E-state index contributed by atoms with van der Waals surface area (Å²) in [6.45, 7) is 4.28. The number of aliphatic hydroxyl groups excluding tert-OH is 1. The summed E-state index contributed by atoms with van der Waals surface area (Å²) < 4.78 is 7.84. The fourth-order valence-corrected chi connectivity index (χ4v) is 2.48. The SMILES string of the molecule is CC(C)CCC1=C[C@@H](CO)O[C@H]1n1ccc(=O)[nH]c1=S. The van der Waals surface area contributed by atoms with E-state index in [1.165, 1.54) is 6.07 Å². The number of H-pyrrole nitrogens is 1. The molecule has 1 aliphatic heterocycles. The maximum Gasteiger partial charge on any atom is 0.251 e. The zero-order valence-electron chi connectivity index (χ0n) is 11.7. The standard InChI is InChI=1S/C14H20N2O3S/c1-9(2)3-4-10-7-11(8-17)19-13(10)16-6-5-12(18)15-14(16)20/h5-7,9,11,13,17H,3-4,8H2,1-2H3,(H,15,18,20)/t11-,13+/m0/s1. The molecule has 0 saturated heterocycles. The fraction of sp³-hybridized carbons (Fsp3) is 0.571. The molecule has 0 radical (unpaired) electrons. The lowest BCUT2D eigenvalue weighted by molar-refractivity contribution is -0.0147. The molecule has 2 rings (SSSR count). The third-order valence-corrected chi connectivity index (χ3v) is 3.63. The van der Waals surface area contributed by atoms with Gasteiger partial charge in [-0.3, -0.25) is 14.3 Å².